The summed E-state index contributed by atoms with van der Waals surface area (Å²) in [5, 5.41) is 12.1. The van der Waals surface area contributed by atoms with Crippen LogP contribution in [0.2, 0.25) is 0 Å². The Morgan fingerprint density at radius 2 is 2.03 bits per heavy atom. The summed E-state index contributed by atoms with van der Waals surface area (Å²) in [5.41, 5.74) is 0.396. The summed E-state index contributed by atoms with van der Waals surface area (Å²) in [6, 6.07) is 6.40. The number of carbonyl (C=O) groups is 2. The lowest BCUT2D eigenvalue weighted by Gasteiger charge is -2.56. The number of amides is 2. The van der Waals surface area contributed by atoms with E-state index in [0.717, 1.165) is 25.5 Å². The lowest BCUT2D eigenvalue weighted by molar-refractivity contribution is -0.120. The van der Waals surface area contributed by atoms with Gasteiger partial charge in [0.1, 0.15) is 5.82 Å². The normalized spacial score (nSPS) is 28.9. The Labute approximate surface area is 170 Å². The van der Waals surface area contributed by atoms with Gasteiger partial charge >= 0.3 is 0 Å². The second-order valence-electron chi connectivity index (χ2n) is 8.61. The van der Waals surface area contributed by atoms with Gasteiger partial charge in [0.05, 0.1) is 11.6 Å². The van der Waals surface area contributed by atoms with Crippen molar-refractivity contribution in [1.29, 1.82) is 5.26 Å². The molecule has 0 saturated carbocycles. The third kappa shape index (κ3) is 3.99. The van der Waals surface area contributed by atoms with E-state index in [1.165, 1.54) is 31.9 Å². The van der Waals surface area contributed by atoms with Crippen LogP contribution in [-0.4, -0.2) is 59.9 Å². The number of nitriles is 1. The van der Waals surface area contributed by atoms with Gasteiger partial charge in [-0.2, -0.15) is 5.26 Å². The second kappa shape index (κ2) is 8.11. The average molecular weight is 398 g/mol. The van der Waals surface area contributed by atoms with E-state index in [9.17, 15) is 14.0 Å². The number of nitrogens with one attached hydrogen (secondary N) is 1. The van der Waals surface area contributed by atoms with Crippen LogP contribution < -0.4 is 5.32 Å². The monoisotopic (exact) mass is 398 g/mol. The molecule has 154 valence electrons. The number of benzene rings is 1. The molecule has 0 unspecified atom stereocenters. The van der Waals surface area contributed by atoms with E-state index < -0.39 is 5.82 Å². The number of rotatable bonds is 3. The predicted molar refractivity (Wildman–Crippen MR) is 105 cm³/mol. The molecule has 0 aromatic heterocycles. The predicted octanol–water partition coefficient (Wildman–Crippen LogP) is 2.15. The standard InChI is InChI=1S/C22H27FN4O2/c1-14(28)25-11-21-18-8-17(20-4-2-3-5-27(20)21)12-26(13-18)22(29)16-6-15(10-24)7-19(23)9-16/h6-7,9,17-18,20-21H,2-5,8,11-13H2,1H3,(H,25,28)/t17-,18+,20+,21+/m1/s1. The van der Waals surface area contributed by atoms with Gasteiger partial charge in [0.15, 0.2) is 0 Å². The highest BCUT2D eigenvalue weighted by molar-refractivity contribution is 5.94. The molecule has 1 aromatic carbocycles. The van der Waals surface area contributed by atoms with Gasteiger partial charge in [0, 0.05) is 44.2 Å². The van der Waals surface area contributed by atoms with Gasteiger partial charge in [-0.25, -0.2) is 4.39 Å². The van der Waals surface area contributed by atoms with Crippen LogP contribution in [-0.2, 0) is 4.79 Å². The van der Waals surface area contributed by atoms with E-state index >= 15 is 0 Å². The van der Waals surface area contributed by atoms with Crippen LogP contribution in [0.3, 0.4) is 0 Å². The van der Waals surface area contributed by atoms with Crippen LogP contribution in [0, 0.1) is 29.0 Å². The number of halogens is 1. The van der Waals surface area contributed by atoms with E-state index in [0.29, 0.717) is 31.6 Å². The molecule has 6 nitrogen and oxygen atoms in total. The van der Waals surface area contributed by atoms with Crippen LogP contribution in [0.4, 0.5) is 4.39 Å². The minimum absolute atomic E-state index is 0.0341. The molecule has 0 spiro atoms. The maximum Gasteiger partial charge on any atom is 0.254 e. The fourth-order valence-electron chi connectivity index (χ4n) is 5.56. The molecule has 3 heterocycles. The van der Waals surface area contributed by atoms with E-state index in [2.05, 4.69) is 10.2 Å². The zero-order chi connectivity index (χ0) is 20.5. The van der Waals surface area contributed by atoms with Crippen LogP contribution in [0.25, 0.3) is 0 Å². The molecular formula is C22H27FN4O2. The Hall–Kier alpha value is -2.46. The minimum atomic E-state index is -0.563. The number of fused-ring (bicyclic) bond motifs is 4. The first-order valence-electron chi connectivity index (χ1n) is 10.5. The molecule has 3 saturated heterocycles. The van der Waals surface area contributed by atoms with Gasteiger partial charge in [0.25, 0.3) is 5.91 Å². The summed E-state index contributed by atoms with van der Waals surface area (Å²) in [6.45, 7) is 4.45. The molecule has 3 fully saturated rings. The summed E-state index contributed by atoms with van der Waals surface area (Å²) < 4.78 is 13.9. The van der Waals surface area contributed by atoms with Crippen molar-refractivity contribution >= 4 is 11.8 Å². The molecule has 2 amide bonds. The van der Waals surface area contributed by atoms with Gasteiger partial charge in [-0.05, 0) is 55.8 Å². The van der Waals surface area contributed by atoms with Crippen molar-refractivity contribution in [2.75, 3.05) is 26.2 Å². The first-order chi connectivity index (χ1) is 14.0. The summed E-state index contributed by atoms with van der Waals surface area (Å²) in [4.78, 5) is 29.1. The Morgan fingerprint density at radius 1 is 1.24 bits per heavy atom. The lowest BCUT2D eigenvalue weighted by atomic mass is 9.72. The number of carbonyl (C=O) groups excluding carboxylic acids is 2. The molecule has 1 N–H and O–H groups in total. The zero-order valence-corrected chi connectivity index (χ0v) is 16.7. The Morgan fingerprint density at radius 3 is 2.79 bits per heavy atom. The third-order valence-electron chi connectivity index (χ3n) is 6.74. The fraction of sp³-hybridized carbons (Fsp3) is 0.591. The molecule has 3 aliphatic heterocycles. The molecule has 3 aliphatic rings. The molecule has 29 heavy (non-hydrogen) atoms. The molecule has 0 aliphatic carbocycles. The van der Waals surface area contributed by atoms with E-state index in [4.69, 9.17) is 5.26 Å². The van der Waals surface area contributed by atoms with Crippen molar-refractivity contribution in [2.45, 2.75) is 44.7 Å². The molecule has 0 radical (unpaired) electrons. The fourth-order valence-corrected chi connectivity index (χ4v) is 5.56. The minimum Gasteiger partial charge on any atom is -0.355 e. The first-order valence-corrected chi connectivity index (χ1v) is 10.5. The third-order valence-corrected chi connectivity index (χ3v) is 6.74. The maximum atomic E-state index is 13.9. The van der Waals surface area contributed by atoms with Crippen molar-refractivity contribution in [1.82, 2.24) is 15.1 Å². The molecule has 4 rings (SSSR count). The molecular weight excluding hydrogens is 371 g/mol. The van der Waals surface area contributed by atoms with Crippen molar-refractivity contribution < 1.29 is 14.0 Å². The topological polar surface area (TPSA) is 76.4 Å². The Bertz CT molecular complexity index is 852. The highest BCUT2D eigenvalue weighted by Gasteiger charge is 2.47. The summed E-state index contributed by atoms with van der Waals surface area (Å²) >= 11 is 0. The average Bonchev–Trinajstić information content (AvgIpc) is 2.72. The molecule has 7 heteroatoms. The van der Waals surface area contributed by atoms with E-state index in [1.807, 2.05) is 11.0 Å². The number of hydrogen-bond donors (Lipinski definition) is 1. The summed E-state index contributed by atoms with van der Waals surface area (Å²) in [5.74, 6) is -0.128. The van der Waals surface area contributed by atoms with Crippen molar-refractivity contribution in [2.24, 2.45) is 11.8 Å². The summed E-state index contributed by atoms with van der Waals surface area (Å²) in [7, 11) is 0. The lowest BCUT2D eigenvalue weighted by Crippen LogP contribution is -2.66. The Balaban J connectivity index is 1.57. The smallest absolute Gasteiger partial charge is 0.254 e. The number of nitrogens with zero attached hydrogens (tertiary/aromatic N) is 3. The van der Waals surface area contributed by atoms with Crippen LogP contribution in [0.5, 0.6) is 0 Å². The maximum absolute atomic E-state index is 13.9. The summed E-state index contributed by atoms with van der Waals surface area (Å²) in [6.07, 6.45) is 4.55. The largest absolute Gasteiger partial charge is 0.355 e. The number of likely N-dealkylation sites (tertiary alicyclic amines) is 1. The number of piperidine rings is 3. The van der Waals surface area contributed by atoms with E-state index in [1.54, 1.807) is 0 Å². The van der Waals surface area contributed by atoms with Gasteiger partial charge in [-0.1, -0.05) is 6.42 Å². The molecule has 4 atom stereocenters. The van der Waals surface area contributed by atoms with Gasteiger partial charge in [0.2, 0.25) is 5.91 Å². The van der Waals surface area contributed by atoms with Crippen LogP contribution in [0.1, 0.15) is 48.5 Å². The SMILES string of the molecule is CC(=O)NC[C@H]1[C@H]2C[C@H](CN(C(=O)c3cc(F)cc(C#N)c3)C2)[C@@H]2CCCCN21. The number of hydrogen-bond acceptors (Lipinski definition) is 4. The highest BCUT2D eigenvalue weighted by atomic mass is 19.1. The highest BCUT2D eigenvalue weighted by Crippen LogP contribution is 2.41. The second-order valence-corrected chi connectivity index (χ2v) is 8.61. The van der Waals surface area contributed by atoms with Crippen LogP contribution >= 0.6 is 0 Å². The first kappa shape index (κ1) is 19.8. The van der Waals surface area contributed by atoms with Gasteiger partial charge in [-0.15, -0.1) is 0 Å². The van der Waals surface area contributed by atoms with Crippen molar-refractivity contribution in [3.8, 4) is 6.07 Å². The van der Waals surface area contributed by atoms with Gasteiger partial charge < -0.3 is 10.2 Å². The quantitative estimate of drug-likeness (QED) is 0.847. The molecule has 1 aromatic rings. The van der Waals surface area contributed by atoms with Crippen molar-refractivity contribution in [3.63, 3.8) is 0 Å². The Kier molecular flexibility index (Phi) is 5.55. The zero-order valence-electron chi connectivity index (χ0n) is 16.7. The van der Waals surface area contributed by atoms with Gasteiger partial charge in [-0.3, -0.25) is 14.5 Å². The molecule has 2 bridgehead atoms. The van der Waals surface area contributed by atoms with Crippen molar-refractivity contribution in [3.05, 3.63) is 35.1 Å². The van der Waals surface area contributed by atoms with Crippen LogP contribution in [0.15, 0.2) is 18.2 Å². The van der Waals surface area contributed by atoms with E-state index in [-0.39, 0.29) is 34.9 Å².